The fourth-order valence-corrected chi connectivity index (χ4v) is 5.30. The summed E-state index contributed by atoms with van der Waals surface area (Å²) < 4.78 is 7.42. The maximum atomic E-state index is 12.8. The summed E-state index contributed by atoms with van der Waals surface area (Å²) in [4.78, 5) is 25.3. The monoisotopic (exact) mass is 544 g/mol. The number of benzene rings is 2. The highest BCUT2D eigenvalue weighted by Crippen LogP contribution is 2.14. The largest absolute Gasteiger partial charge is 0.462 e. The van der Waals surface area contributed by atoms with Gasteiger partial charge in [-0.1, -0.05) is 128 Å². The van der Waals surface area contributed by atoms with Gasteiger partial charge in [0.15, 0.2) is 6.20 Å². The topological polar surface area (TPSA) is 47.3 Å². The van der Waals surface area contributed by atoms with Crippen molar-refractivity contribution in [1.82, 2.24) is 0 Å². The molecule has 2 aromatic carbocycles. The molecule has 0 aliphatic rings. The molecule has 3 rings (SSSR count). The highest BCUT2D eigenvalue weighted by atomic mass is 16.5. The van der Waals surface area contributed by atoms with Crippen molar-refractivity contribution in [2.24, 2.45) is 0 Å². The predicted octanol–water partition coefficient (Wildman–Crippen LogP) is 9.43. The van der Waals surface area contributed by atoms with Gasteiger partial charge in [-0.25, -0.2) is 4.79 Å². The number of nitrogens with zero attached hydrogens (tertiary/aromatic N) is 1. The molecule has 0 atom stereocenters. The zero-order chi connectivity index (χ0) is 28.3. The second-order valence-corrected chi connectivity index (χ2v) is 11.1. The number of carbonyl (C=O) groups excluding carboxylic acids is 2. The first-order valence-electron chi connectivity index (χ1n) is 15.9. The van der Waals surface area contributed by atoms with Crippen molar-refractivity contribution in [2.75, 3.05) is 6.61 Å². The number of pyridine rings is 1. The number of hydrogen-bond acceptors (Lipinski definition) is 3. The number of carbonyl (C=O) groups is 2. The number of aromatic nitrogens is 1. The molecule has 4 nitrogen and oxygen atoms in total. The molecule has 0 unspecified atom stereocenters. The molecule has 40 heavy (non-hydrogen) atoms. The molecule has 1 heterocycles. The Morgan fingerprint density at radius 2 is 1.10 bits per heavy atom. The van der Waals surface area contributed by atoms with E-state index >= 15 is 0 Å². The van der Waals surface area contributed by atoms with Gasteiger partial charge in [0.05, 0.1) is 12.2 Å². The van der Waals surface area contributed by atoms with Gasteiger partial charge >= 0.3 is 5.97 Å². The van der Waals surface area contributed by atoms with Crippen LogP contribution in [0.1, 0.15) is 130 Å². The van der Waals surface area contributed by atoms with Crippen LogP contribution < -0.4 is 4.57 Å². The molecule has 0 fully saturated rings. The second kappa shape index (κ2) is 19.1. The first-order valence-corrected chi connectivity index (χ1v) is 15.9. The highest BCUT2D eigenvalue weighted by Gasteiger charge is 2.16. The minimum absolute atomic E-state index is 0.00874. The van der Waals surface area contributed by atoms with Gasteiger partial charge in [0, 0.05) is 23.1 Å². The molecule has 0 aliphatic carbocycles. The molecule has 0 saturated carbocycles. The molecule has 0 N–H and O–H groups in total. The van der Waals surface area contributed by atoms with Crippen LogP contribution in [-0.2, 0) is 11.3 Å². The molecule has 0 radical (unpaired) electrons. The van der Waals surface area contributed by atoms with Crippen LogP contribution in [0.4, 0.5) is 0 Å². The van der Waals surface area contributed by atoms with Crippen LogP contribution in [0, 0.1) is 0 Å². The van der Waals surface area contributed by atoms with Crippen LogP contribution in [0.3, 0.4) is 0 Å². The molecule has 0 bridgehead atoms. The van der Waals surface area contributed by atoms with Gasteiger partial charge in [-0.05, 0) is 30.7 Å². The van der Waals surface area contributed by atoms with Crippen LogP contribution in [0.15, 0.2) is 66.9 Å². The molecule has 1 aromatic heterocycles. The first-order chi connectivity index (χ1) is 19.7. The summed E-state index contributed by atoms with van der Waals surface area (Å²) >= 11 is 0. The van der Waals surface area contributed by atoms with Gasteiger partial charge in [0.1, 0.15) is 0 Å². The molecule has 0 spiro atoms. The molecule has 3 aromatic rings. The van der Waals surface area contributed by atoms with E-state index < -0.39 is 0 Å². The average molecular weight is 545 g/mol. The second-order valence-electron chi connectivity index (χ2n) is 11.1. The van der Waals surface area contributed by atoms with Crippen LogP contribution in [0.5, 0.6) is 0 Å². The summed E-state index contributed by atoms with van der Waals surface area (Å²) in [5.74, 6) is -0.308. The fourth-order valence-electron chi connectivity index (χ4n) is 5.30. The quantitative estimate of drug-likeness (QED) is 0.0581. The molecule has 216 valence electrons. The Morgan fingerprint density at radius 3 is 1.70 bits per heavy atom. The number of hydrogen-bond donors (Lipinski definition) is 0. The lowest BCUT2D eigenvalue weighted by Crippen LogP contribution is -2.38. The van der Waals surface area contributed by atoms with E-state index in [9.17, 15) is 9.59 Å². The van der Waals surface area contributed by atoms with Gasteiger partial charge in [-0.15, -0.1) is 0 Å². The van der Waals surface area contributed by atoms with Crippen molar-refractivity contribution in [1.29, 1.82) is 0 Å². The lowest BCUT2D eigenvalue weighted by Gasteiger charge is -2.06. The number of unbranched alkanes of at least 4 members (excludes halogenated alkanes) is 15. The van der Waals surface area contributed by atoms with Crippen molar-refractivity contribution in [3.8, 4) is 0 Å². The van der Waals surface area contributed by atoms with Crippen LogP contribution in [0.2, 0.25) is 0 Å². The van der Waals surface area contributed by atoms with Gasteiger partial charge in [0.2, 0.25) is 17.8 Å². The fraction of sp³-hybridized carbons (Fsp3) is 0.528. The van der Waals surface area contributed by atoms with Gasteiger partial charge < -0.3 is 4.74 Å². The summed E-state index contributed by atoms with van der Waals surface area (Å²) in [7, 11) is 0. The van der Waals surface area contributed by atoms with E-state index in [4.69, 9.17) is 4.74 Å². The Hall–Kier alpha value is -3.01. The van der Waals surface area contributed by atoms with E-state index in [1.807, 2.05) is 47.2 Å². The third-order valence-electron chi connectivity index (χ3n) is 7.78. The number of esters is 1. The third-order valence-corrected chi connectivity index (χ3v) is 7.78. The van der Waals surface area contributed by atoms with E-state index in [0.29, 0.717) is 17.7 Å². The van der Waals surface area contributed by atoms with E-state index in [1.54, 1.807) is 24.3 Å². The normalized spacial score (nSPS) is 11.1. The zero-order valence-corrected chi connectivity index (χ0v) is 24.8. The Morgan fingerprint density at radius 1 is 0.600 bits per heavy atom. The SMILES string of the molecule is CCCCCCCCCCCCCCCCCCOC(=O)c1ccc(C(=O)C[n+]2cccc3ccccc32)cc1. The van der Waals surface area contributed by atoms with Crippen LogP contribution >= 0.6 is 0 Å². The highest BCUT2D eigenvalue weighted by molar-refractivity contribution is 5.97. The van der Waals surface area contributed by atoms with Gasteiger partial charge in [-0.2, -0.15) is 4.57 Å². The summed E-state index contributed by atoms with van der Waals surface area (Å²) in [5.41, 5.74) is 2.10. The molecule has 0 aliphatic heterocycles. The standard InChI is InChI=1S/C36H50NO3/c1-2-3-4-5-6-7-8-9-10-11-12-13-14-15-16-19-29-40-36(39)33-26-24-32(25-27-33)35(38)30-37-28-20-22-31-21-17-18-23-34(31)37/h17-18,20-28H,2-16,19,29-30H2,1H3/q+1. The smallest absolute Gasteiger partial charge is 0.338 e. The van der Waals surface area contributed by atoms with Crippen LogP contribution in [0.25, 0.3) is 10.9 Å². The number of rotatable bonds is 21. The maximum Gasteiger partial charge on any atom is 0.338 e. The van der Waals surface area contributed by atoms with E-state index in [-0.39, 0.29) is 18.3 Å². The van der Waals surface area contributed by atoms with Crippen molar-refractivity contribution < 1.29 is 18.9 Å². The number of fused-ring (bicyclic) bond motifs is 1. The van der Waals surface area contributed by atoms with Crippen molar-refractivity contribution in [3.05, 3.63) is 78.0 Å². The zero-order valence-electron chi connectivity index (χ0n) is 24.8. The first kappa shape index (κ1) is 31.5. The summed E-state index contributed by atoms with van der Waals surface area (Å²) in [5, 5.41) is 1.10. The number of ether oxygens (including phenoxy) is 1. The predicted molar refractivity (Wildman–Crippen MR) is 165 cm³/mol. The van der Waals surface area contributed by atoms with Crippen LogP contribution in [-0.4, -0.2) is 18.4 Å². The minimum Gasteiger partial charge on any atom is -0.462 e. The third kappa shape index (κ3) is 11.6. The molecular formula is C36H50NO3+. The average Bonchev–Trinajstić information content (AvgIpc) is 2.99. The summed E-state index contributed by atoms with van der Waals surface area (Å²) in [6, 6.07) is 18.8. The molecule has 0 amide bonds. The van der Waals surface area contributed by atoms with E-state index in [0.717, 1.165) is 23.7 Å². The molecule has 4 heteroatoms. The maximum absolute atomic E-state index is 12.8. The lowest BCUT2D eigenvalue weighted by atomic mass is 10.0. The number of para-hydroxylation sites is 1. The molecule has 0 saturated heterocycles. The van der Waals surface area contributed by atoms with Crippen molar-refractivity contribution in [3.63, 3.8) is 0 Å². The number of Topliss-reactive ketones (excluding diaryl/α,β-unsaturated/α-hetero) is 1. The summed E-state index contributed by atoms with van der Waals surface area (Å²) in [6.45, 7) is 2.99. The minimum atomic E-state index is -0.316. The van der Waals surface area contributed by atoms with E-state index in [2.05, 4.69) is 6.92 Å². The Bertz CT molecular complexity index is 1130. The van der Waals surface area contributed by atoms with Crippen molar-refractivity contribution in [2.45, 2.75) is 116 Å². The van der Waals surface area contributed by atoms with Gasteiger partial charge in [0.25, 0.3) is 0 Å². The van der Waals surface area contributed by atoms with Gasteiger partial charge in [-0.3, -0.25) is 4.79 Å². The lowest BCUT2D eigenvalue weighted by molar-refractivity contribution is -0.657. The summed E-state index contributed by atoms with van der Waals surface area (Å²) in [6.07, 6.45) is 23.1. The Labute approximate surface area is 242 Å². The number of ketones is 1. The Kier molecular flexibility index (Phi) is 15.1. The Balaban J connectivity index is 1.20. The molecular weight excluding hydrogens is 494 g/mol. The van der Waals surface area contributed by atoms with E-state index in [1.165, 1.54) is 89.9 Å². The van der Waals surface area contributed by atoms with Crippen molar-refractivity contribution >= 4 is 22.7 Å².